The van der Waals surface area contributed by atoms with E-state index in [1.165, 1.54) is 4.90 Å². The number of alkyl halides is 6. The molecule has 0 bridgehead atoms. The second-order valence-electron chi connectivity index (χ2n) is 7.24. The van der Waals surface area contributed by atoms with Crippen molar-refractivity contribution in [1.82, 2.24) is 9.97 Å². The third-order valence-electron chi connectivity index (χ3n) is 5.06. The molecule has 0 amide bonds. The second kappa shape index (κ2) is 8.69. The summed E-state index contributed by atoms with van der Waals surface area (Å²) in [7, 11) is 1.57. The van der Waals surface area contributed by atoms with Crippen LogP contribution >= 0.6 is 0 Å². The molecule has 0 unspecified atom stereocenters. The van der Waals surface area contributed by atoms with E-state index in [4.69, 9.17) is 0 Å². The van der Waals surface area contributed by atoms with Gasteiger partial charge in [0.2, 0.25) is 11.8 Å². The molecule has 0 spiro atoms. The lowest BCUT2D eigenvalue weighted by Crippen LogP contribution is -2.23. The molecule has 4 nitrogen and oxygen atoms in total. The first kappa shape index (κ1) is 22.2. The lowest BCUT2D eigenvalue weighted by atomic mass is 9.83. The van der Waals surface area contributed by atoms with E-state index >= 15 is 0 Å². The number of hydrogen-bond donors (Lipinski definition) is 0. The van der Waals surface area contributed by atoms with Gasteiger partial charge < -0.3 is 9.64 Å². The fraction of sp³-hybridized carbons (Fsp3) is 0.500. The van der Waals surface area contributed by atoms with Crippen LogP contribution in [0.1, 0.15) is 49.1 Å². The number of ether oxygens (including phenoxy) is 1. The molecular weight excluding hydrogens is 412 g/mol. The Morgan fingerprint density at radius 2 is 1.70 bits per heavy atom. The van der Waals surface area contributed by atoms with Crippen molar-refractivity contribution in [1.29, 1.82) is 0 Å². The summed E-state index contributed by atoms with van der Waals surface area (Å²) in [5, 5.41) is 0. The third kappa shape index (κ3) is 5.34. The largest absolute Gasteiger partial charge is 0.467 e. The highest BCUT2D eigenvalue weighted by molar-refractivity contribution is 5.62. The van der Waals surface area contributed by atoms with Crippen molar-refractivity contribution in [2.24, 2.45) is 0 Å². The predicted molar refractivity (Wildman–Crippen MR) is 98.9 cm³/mol. The van der Waals surface area contributed by atoms with E-state index < -0.39 is 30.4 Å². The molecule has 0 aliphatic heterocycles. The molecule has 1 fully saturated rings. The first-order valence-electron chi connectivity index (χ1n) is 9.52. The molecule has 1 aliphatic carbocycles. The first-order chi connectivity index (χ1) is 14.1. The van der Waals surface area contributed by atoms with Gasteiger partial charge in [0.05, 0.1) is 0 Å². The molecule has 1 aromatic heterocycles. The van der Waals surface area contributed by atoms with Crippen molar-refractivity contribution in [3.05, 3.63) is 41.6 Å². The molecule has 1 aromatic carbocycles. The smallest absolute Gasteiger partial charge is 0.423 e. The molecule has 1 heterocycles. The summed E-state index contributed by atoms with van der Waals surface area (Å²) in [6.45, 7) is -1.88. The Morgan fingerprint density at radius 3 is 2.33 bits per heavy atom. The van der Waals surface area contributed by atoms with Gasteiger partial charge in [-0.1, -0.05) is 37.5 Å². The van der Waals surface area contributed by atoms with E-state index in [9.17, 15) is 26.3 Å². The minimum absolute atomic E-state index is 0.177. The summed E-state index contributed by atoms with van der Waals surface area (Å²) >= 11 is 0. The van der Waals surface area contributed by atoms with Crippen LogP contribution in [0.15, 0.2) is 30.5 Å². The van der Waals surface area contributed by atoms with Gasteiger partial charge >= 0.3 is 12.4 Å². The van der Waals surface area contributed by atoms with Crippen molar-refractivity contribution >= 4 is 11.6 Å². The highest BCUT2D eigenvalue weighted by atomic mass is 19.4. The maximum absolute atomic E-state index is 13.2. The maximum Gasteiger partial charge on any atom is 0.423 e. The minimum atomic E-state index is -4.95. The normalized spacial score (nSPS) is 15.8. The topological polar surface area (TPSA) is 38.2 Å². The number of hydrogen-bond acceptors (Lipinski definition) is 4. The molecule has 3 rings (SSSR count). The zero-order valence-corrected chi connectivity index (χ0v) is 16.2. The zero-order chi connectivity index (χ0) is 21.9. The van der Waals surface area contributed by atoms with E-state index in [0.29, 0.717) is 17.8 Å². The number of aromatic nitrogens is 2. The number of benzene rings is 1. The first-order valence-corrected chi connectivity index (χ1v) is 9.52. The predicted octanol–water partition coefficient (Wildman–Crippen LogP) is 6.25. The minimum Gasteiger partial charge on any atom is -0.467 e. The lowest BCUT2D eigenvalue weighted by molar-refractivity contribution is -0.159. The second-order valence-corrected chi connectivity index (χ2v) is 7.24. The van der Waals surface area contributed by atoms with E-state index in [0.717, 1.165) is 37.7 Å². The van der Waals surface area contributed by atoms with E-state index in [-0.39, 0.29) is 5.95 Å². The number of nitrogens with zero attached hydrogens (tertiary/aromatic N) is 3. The summed E-state index contributed by atoms with van der Waals surface area (Å²) < 4.78 is 81.4. The van der Waals surface area contributed by atoms with Gasteiger partial charge in [-0.05, 0) is 30.4 Å². The molecule has 30 heavy (non-hydrogen) atoms. The van der Waals surface area contributed by atoms with Gasteiger partial charge in [-0.2, -0.15) is 31.3 Å². The van der Waals surface area contributed by atoms with Crippen molar-refractivity contribution in [3.8, 4) is 5.88 Å². The van der Waals surface area contributed by atoms with Crippen LogP contribution < -0.4 is 9.64 Å². The van der Waals surface area contributed by atoms with Crippen LogP contribution in [-0.2, 0) is 6.18 Å². The molecule has 0 saturated heterocycles. The Morgan fingerprint density at radius 1 is 1.03 bits per heavy atom. The van der Waals surface area contributed by atoms with Gasteiger partial charge in [0.25, 0.3) is 0 Å². The van der Waals surface area contributed by atoms with Crippen LogP contribution in [-0.4, -0.2) is 29.8 Å². The Kier molecular flexibility index (Phi) is 6.42. The highest BCUT2D eigenvalue weighted by Gasteiger charge is 2.38. The molecule has 1 aliphatic rings. The van der Waals surface area contributed by atoms with Crippen LogP contribution in [0.5, 0.6) is 5.88 Å². The van der Waals surface area contributed by atoms with Gasteiger partial charge in [0.15, 0.2) is 6.61 Å². The van der Waals surface area contributed by atoms with Crippen LogP contribution in [0.4, 0.5) is 38.0 Å². The standard InChI is InChI=1S/C20H21F6N3O/c1-29(16-10-6-5-9-14(16)13-7-3-2-4-8-13)18-27-11-15(20(24,25)26)17(28-18)30-12-19(21,22)23/h5-6,9-11,13H,2-4,7-8,12H2,1H3. The van der Waals surface area contributed by atoms with Crippen molar-refractivity contribution in [3.63, 3.8) is 0 Å². The summed E-state index contributed by atoms with van der Waals surface area (Å²) in [5.41, 5.74) is 0.261. The van der Waals surface area contributed by atoms with Crippen molar-refractivity contribution in [2.75, 3.05) is 18.6 Å². The number of para-hydroxylation sites is 1. The molecule has 2 aromatic rings. The van der Waals surface area contributed by atoms with Crippen LogP contribution in [0.3, 0.4) is 0 Å². The van der Waals surface area contributed by atoms with Crippen LogP contribution in [0.25, 0.3) is 0 Å². The quantitative estimate of drug-likeness (QED) is 0.523. The van der Waals surface area contributed by atoms with Crippen LogP contribution in [0, 0.1) is 0 Å². The van der Waals surface area contributed by atoms with E-state index in [1.54, 1.807) is 19.2 Å². The number of anilines is 2. The number of rotatable bonds is 5. The zero-order valence-electron chi connectivity index (χ0n) is 16.2. The van der Waals surface area contributed by atoms with Gasteiger partial charge in [-0.25, -0.2) is 4.98 Å². The maximum atomic E-state index is 13.2. The monoisotopic (exact) mass is 433 g/mol. The Balaban J connectivity index is 1.95. The molecule has 1 saturated carbocycles. The third-order valence-corrected chi connectivity index (χ3v) is 5.06. The molecule has 0 radical (unpaired) electrons. The Bertz CT molecular complexity index is 862. The summed E-state index contributed by atoms with van der Waals surface area (Å²) in [6, 6.07) is 7.41. The fourth-order valence-corrected chi connectivity index (χ4v) is 3.63. The SMILES string of the molecule is CN(c1ncc(C(F)(F)F)c(OCC(F)(F)F)n1)c1ccccc1C1CCCCC1. The fourth-order valence-electron chi connectivity index (χ4n) is 3.63. The molecule has 0 atom stereocenters. The molecule has 164 valence electrons. The van der Waals surface area contributed by atoms with E-state index in [2.05, 4.69) is 14.7 Å². The van der Waals surface area contributed by atoms with Crippen LogP contribution in [0.2, 0.25) is 0 Å². The highest BCUT2D eigenvalue weighted by Crippen LogP contribution is 2.40. The van der Waals surface area contributed by atoms with Crippen molar-refractivity contribution in [2.45, 2.75) is 50.4 Å². The lowest BCUT2D eigenvalue weighted by Gasteiger charge is -2.28. The van der Waals surface area contributed by atoms with Gasteiger partial charge in [-0.15, -0.1) is 0 Å². The van der Waals surface area contributed by atoms with E-state index in [1.807, 2.05) is 12.1 Å². The Labute approximate surface area is 169 Å². The molecule has 0 N–H and O–H groups in total. The van der Waals surface area contributed by atoms with Gasteiger partial charge in [-0.3, -0.25) is 0 Å². The van der Waals surface area contributed by atoms with Gasteiger partial charge in [0.1, 0.15) is 5.56 Å². The van der Waals surface area contributed by atoms with Crippen molar-refractivity contribution < 1.29 is 31.1 Å². The average Bonchev–Trinajstić information content (AvgIpc) is 2.71. The Hall–Kier alpha value is -2.52. The van der Waals surface area contributed by atoms with Gasteiger partial charge in [0, 0.05) is 18.9 Å². The average molecular weight is 433 g/mol. The molecule has 10 heteroatoms. The molecular formula is C20H21F6N3O. The summed E-state index contributed by atoms with van der Waals surface area (Å²) in [5.74, 6) is -1.02. The number of halogens is 6. The summed E-state index contributed by atoms with van der Waals surface area (Å²) in [6.07, 6.45) is -3.95. The summed E-state index contributed by atoms with van der Waals surface area (Å²) in [4.78, 5) is 8.90.